The van der Waals surface area contributed by atoms with Gasteiger partial charge in [0.2, 0.25) is 5.91 Å². The molecule has 1 aliphatic heterocycles. The lowest BCUT2D eigenvalue weighted by atomic mass is 10.1. The third-order valence-corrected chi connectivity index (χ3v) is 4.42. The van der Waals surface area contributed by atoms with Crippen molar-refractivity contribution in [3.8, 4) is 0 Å². The van der Waals surface area contributed by atoms with E-state index in [1.807, 2.05) is 4.90 Å². The highest BCUT2D eigenvalue weighted by molar-refractivity contribution is 5.94. The van der Waals surface area contributed by atoms with Gasteiger partial charge < -0.3 is 15.5 Å². The quantitative estimate of drug-likeness (QED) is 0.721. The average Bonchev–Trinajstić information content (AvgIpc) is 3.16. The van der Waals surface area contributed by atoms with Gasteiger partial charge >= 0.3 is 6.18 Å². The lowest BCUT2D eigenvalue weighted by Crippen LogP contribution is -2.25. The van der Waals surface area contributed by atoms with Gasteiger partial charge in [-0.3, -0.25) is 4.79 Å². The van der Waals surface area contributed by atoms with Crippen molar-refractivity contribution in [3.05, 3.63) is 53.6 Å². The van der Waals surface area contributed by atoms with Gasteiger partial charge in [0.05, 0.1) is 29.2 Å². The Kier molecular flexibility index (Phi) is 5.71. The zero-order valence-electron chi connectivity index (χ0n) is 14.7. The number of amides is 1. The van der Waals surface area contributed by atoms with E-state index in [1.54, 1.807) is 0 Å². The van der Waals surface area contributed by atoms with Crippen molar-refractivity contribution in [2.75, 3.05) is 35.2 Å². The lowest BCUT2D eigenvalue weighted by molar-refractivity contribution is -0.137. The molecule has 3 rings (SSSR count). The fourth-order valence-corrected chi connectivity index (χ4v) is 3.05. The minimum absolute atomic E-state index is 0.173. The Labute approximate surface area is 158 Å². The van der Waals surface area contributed by atoms with Crippen molar-refractivity contribution >= 4 is 23.0 Å². The lowest BCUT2D eigenvalue weighted by Gasteiger charge is -2.23. The third kappa shape index (κ3) is 4.71. The van der Waals surface area contributed by atoms with Crippen LogP contribution in [0.1, 0.15) is 18.4 Å². The molecule has 28 heavy (non-hydrogen) atoms. The van der Waals surface area contributed by atoms with Gasteiger partial charge in [-0.1, -0.05) is 0 Å². The fourth-order valence-electron chi connectivity index (χ4n) is 3.05. The van der Waals surface area contributed by atoms with E-state index >= 15 is 0 Å². The van der Waals surface area contributed by atoms with Crippen LogP contribution in [0.2, 0.25) is 0 Å². The molecule has 0 spiro atoms. The predicted molar refractivity (Wildman–Crippen MR) is 96.4 cm³/mol. The molecule has 0 atom stereocenters. The third-order valence-electron chi connectivity index (χ3n) is 4.42. The Hall–Kier alpha value is -2.84. The molecule has 0 radical (unpaired) electrons. The smallest absolute Gasteiger partial charge is 0.374 e. The maximum atomic E-state index is 13.6. The molecule has 0 aliphatic carbocycles. The Balaban J connectivity index is 1.75. The summed E-state index contributed by atoms with van der Waals surface area (Å²) in [6, 6.07) is 6.04. The number of carbonyl (C=O) groups is 1. The van der Waals surface area contributed by atoms with Crippen LogP contribution in [0.3, 0.4) is 0 Å². The molecular formula is C19H18F5N3O. The minimum Gasteiger partial charge on any atom is -0.374 e. The van der Waals surface area contributed by atoms with Gasteiger partial charge in [-0.05, 0) is 43.2 Å². The summed E-state index contributed by atoms with van der Waals surface area (Å²) in [7, 11) is 0. The van der Waals surface area contributed by atoms with Crippen LogP contribution in [-0.2, 0) is 11.0 Å². The molecule has 4 nitrogen and oxygen atoms in total. The number of hydrogen-bond acceptors (Lipinski definition) is 3. The van der Waals surface area contributed by atoms with Gasteiger partial charge in [0.15, 0.2) is 0 Å². The van der Waals surface area contributed by atoms with Crippen LogP contribution < -0.4 is 15.5 Å². The Bertz CT molecular complexity index is 863. The number of rotatable bonds is 5. The van der Waals surface area contributed by atoms with Crippen LogP contribution in [0, 0.1) is 11.6 Å². The molecule has 1 saturated heterocycles. The summed E-state index contributed by atoms with van der Waals surface area (Å²) in [5.41, 5.74) is -0.294. The monoisotopic (exact) mass is 399 g/mol. The number of alkyl halides is 3. The molecule has 2 aromatic carbocycles. The van der Waals surface area contributed by atoms with Crippen molar-refractivity contribution in [3.63, 3.8) is 0 Å². The van der Waals surface area contributed by atoms with E-state index in [4.69, 9.17) is 0 Å². The Morgan fingerprint density at radius 2 is 1.71 bits per heavy atom. The number of halogens is 5. The Morgan fingerprint density at radius 3 is 2.36 bits per heavy atom. The number of nitrogens with zero attached hydrogens (tertiary/aromatic N) is 1. The van der Waals surface area contributed by atoms with E-state index in [9.17, 15) is 26.7 Å². The summed E-state index contributed by atoms with van der Waals surface area (Å²) >= 11 is 0. The second kappa shape index (κ2) is 8.04. The summed E-state index contributed by atoms with van der Waals surface area (Å²) in [5.74, 6) is -2.40. The molecule has 0 saturated carbocycles. The normalized spacial score (nSPS) is 14.2. The van der Waals surface area contributed by atoms with E-state index < -0.39 is 29.3 Å². The molecule has 0 unspecified atom stereocenters. The summed E-state index contributed by atoms with van der Waals surface area (Å²) < 4.78 is 65.7. The highest BCUT2D eigenvalue weighted by atomic mass is 19.4. The summed E-state index contributed by atoms with van der Waals surface area (Å²) in [6.07, 6.45) is -2.64. The van der Waals surface area contributed by atoms with Crippen LogP contribution >= 0.6 is 0 Å². The first-order valence-corrected chi connectivity index (χ1v) is 8.69. The van der Waals surface area contributed by atoms with Crippen molar-refractivity contribution in [2.24, 2.45) is 0 Å². The van der Waals surface area contributed by atoms with E-state index in [1.165, 1.54) is 6.07 Å². The van der Waals surface area contributed by atoms with Crippen LogP contribution in [0.4, 0.5) is 39.0 Å². The highest BCUT2D eigenvalue weighted by Crippen LogP contribution is 2.36. The van der Waals surface area contributed by atoms with E-state index in [0.717, 1.165) is 37.1 Å². The SMILES string of the molecule is O=C(CNc1cc(C(F)(F)F)ccc1N1CCCC1)Nc1ccc(F)cc1F. The van der Waals surface area contributed by atoms with Crippen molar-refractivity contribution in [1.82, 2.24) is 0 Å². The number of hydrogen-bond donors (Lipinski definition) is 2. The molecule has 1 amide bonds. The van der Waals surface area contributed by atoms with E-state index in [-0.39, 0.29) is 17.9 Å². The first kappa shape index (κ1) is 19.9. The maximum absolute atomic E-state index is 13.6. The number of carbonyl (C=O) groups excluding carboxylic acids is 1. The molecule has 9 heteroatoms. The van der Waals surface area contributed by atoms with Crippen molar-refractivity contribution in [1.29, 1.82) is 0 Å². The van der Waals surface area contributed by atoms with E-state index in [2.05, 4.69) is 10.6 Å². The molecule has 2 aromatic rings. The van der Waals surface area contributed by atoms with Crippen LogP contribution in [0.5, 0.6) is 0 Å². The maximum Gasteiger partial charge on any atom is 0.416 e. The summed E-state index contributed by atoms with van der Waals surface area (Å²) in [5, 5.41) is 4.97. The standard InChI is InChI=1S/C19H18F5N3O/c20-13-4-5-15(14(21)10-13)26-18(28)11-25-16-9-12(19(22,23)24)3-6-17(16)27-7-1-2-8-27/h3-6,9-10,25H,1-2,7-8,11H2,(H,26,28). The first-order chi connectivity index (χ1) is 13.2. The van der Waals surface area contributed by atoms with Crippen LogP contribution in [0.25, 0.3) is 0 Å². The van der Waals surface area contributed by atoms with Gasteiger partial charge in [0.25, 0.3) is 0 Å². The number of anilines is 3. The molecule has 1 heterocycles. The zero-order chi connectivity index (χ0) is 20.3. The molecule has 1 aliphatic rings. The van der Waals surface area contributed by atoms with Gasteiger partial charge in [0, 0.05) is 19.2 Å². The summed E-state index contributed by atoms with van der Waals surface area (Å²) in [4.78, 5) is 14.0. The fraction of sp³-hybridized carbons (Fsp3) is 0.316. The second-order valence-corrected chi connectivity index (χ2v) is 6.45. The molecule has 0 aromatic heterocycles. The van der Waals surface area contributed by atoms with E-state index in [0.29, 0.717) is 24.8 Å². The second-order valence-electron chi connectivity index (χ2n) is 6.45. The molecule has 2 N–H and O–H groups in total. The van der Waals surface area contributed by atoms with Gasteiger partial charge in [0.1, 0.15) is 11.6 Å². The topological polar surface area (TPSA) is 44.4 Å². The molecule has 0 bridgehead atoms. The Morgan fingerprint density at radius 1 is 1.00 bits per heavy atom. The predicted octanol–water partition coefficient (Wildman–Crippen LogP) is 4.63. The average molecular weight is 399 g/mol. The van der Waals surface area contributed by atoms with Crippen LogP contribution in [0.15, 0.2) is 36.4 Å². The van der Waals surface area contributed by atoms with Gasteiger partial charge in [-0.15, -0.1) is 0 Å². The van der Waals surface area contributed by atoms with Gasteiger partial charge in [-0.2, -0.15) is 13.2 Å². The minimum atomic E-state index is -4.51. The zero-order valence-corrected chi connectivity index (χ0v) is 14.7. The van der Waals surface area contributed by atoms with Crippen molar-refractivity contribution in [2.45, 2.75) is 19.0 Å². The summed E-state index contributed by atoms with van der Waals surface area (Å²) in [6.45, 7) is 1.05. The van der Waals surface area contributed by atoms with Crippen molar-refractivity contribution < 1.29 is 26.7 Å². The number of benzene rings is 2. The molecule has 1 fully saturated rings. The highest BCUT2D eigenvalue weighted by Gasteiger charge is 2.31. The molecule has 150 valence electrons. The number of nitrogens with one attached hydrogen (secondary N) is 2. The first-order valence-electron chi connectivity index (χ1n) is 8.69. The molecular weight excluding hydrogens is 381 g/mol. The van der Waals surface area contributed by atoms with Crippen LogP contribution in [-0.4, -0.2) is 25.5 Å². The largest absolute Gasteiger partial charge is 0.416 e. The van der Waals surface area contributed by atoms with Gasteiger partial charge in [-0.25, -0.2) is 8.78 Å².